The van der Waals surface area contributed by atoms with Crippen LogP contribution in [0.1, 0.15) is 48.3 Å². The number of halogens is 1. The van der Waals surface area contributed by atoms with Gasteiger partial charge in [0.15, 0.2) is 5.82 Å². The first-order valence-electron chi connectivity index (χ1n) is 8.13. The molecular formula is C17H21FN4O3. The Bertz CT molecular complexity index is 764. The van der Waals surface area contributed by atoms with Crippen molar-refractivity contribution in [1.29, 1.82) is 0 Å². The summed E-state index contributed by atoms with van der Waals surface area (Å²) in [4.78, 5) is 18.1. The largest absolute Gasteiger partial charge is 0.374 e. The van der Waals surface area contributed by atoms with Crippen LogP contribution in [-0.4, -0.2) is 35.2 Å². The van der Waals surface area contributed by atoms with Crippen LogP contribution in [0.25, 0.3) is 0 Å². The number of nitrogens with zero attached hydrogens (tertiary/aromatic N) is 3. The summed E-state index contributed by atoms with van der Waals surface area (Å²) in [6.45, 7) is 1.99. The third kappa shape index (κ3) is 3.63. The lowest BCUT2D eigenvalue weighted by Gasteiger charge is -2.20. The smallest absolute Gasteiger partial charge is 0.318 e. The van der Waals surface area contributed by atoms with Gasteiger partial charge in [0.1, 0.15) is 18.5 Å². The van der Waals surface area contributed by atoms with Gasteiger partial charge in [-0.05, 0) is 37.0 Å². The first-order chi connectivity index (χ1) is 12.0. The number of nitrogens with one attached hydrogen (secondary N) is 1. The Kier molecular flexibility index (Phi) is 4.98. The van der Waals surface area contributed by atoms with E-state index in [9.17, 15) is 9.18 Å². The maximum absolute atomic E-state index is 13.8. The Morgan fingerprint density at radius 1 is 1.56 bits per heavy atom. The van der Waals surface area contributed by atoms with Gasteiger partial charge in [0.25, 0.3) is 0 Å². The van der Waals surface area contributed by atoms with Crippen LogP contribution in [-0.2, 0) is 17.7 Å². The van der Waals surface area contributed by atoms with Crippen LogP contribution in [0, 0.1) is 5.82 Å². The number of aromatic nitrogens is 2. The Balaban J connectivity index is 1.61. The number of carbonyl (C=O) groups is 1. The highest BCUT2D eigenvalue weighted by atomic mass is 19.1. The standard InChI is InChI=1S/C17H21FN4O3/c1-10(24-3)16-20-15(25-21-16)9-22(2)17(23)19-14-8-7-11-12(14)5-4-6-13(11)18/h4-6,10,14H,7-9H2,1-3H3,(H,19,23). The van der Waals surface area contributed by atoms with Crippen molar-refractivity contribution in [3.8, 4) is 0 Å². The van der Waals surface area contributed by atoms with Crippen LogP contribution in [0.4, 0.5) is 9.18 Å². The van der Waals surface area contributed by atoms with Crippen molar-refractivity contribution in [2.24, 2.45) is 0 Å². The van der Waals surface area contributed by atoms with Crippen LogP contribution < -0.4 is 5.32 Å². The number of benzene rings is 1. The second-order valence-electron chi connectivity index (χ2n) is 6.13. The molecule has 0 saturated carbocycles. The van der Waals surface area contributed by atoms with Crippen LogP contribution in [0.15, 0.2) is 22.7 Å². The summed E-state index contributed by atoms with van der Waals surface area (Å²) in [5.41, 5.74) is 1.53. The molecule has 0 bridgehead atoms. The monoisotopic (exact) mass is 348 g/mol. The van der Waals surface area contributed by atoms with Crippen molar-refractivity contribution in [2.75, 3.05) is 14.2 Å². The zero-order valence-corrected chi connectivity index (χ0v) is 14.5. The molecule has 2 unspecified atom stereocenters. The Morgan fingerprint density at radius 2 is 2.36 bits per heavy atom. The molecule has 134 valence electrons. The molecule has 1 aliphatic carbocycles. The van der Waals surface area contributed by atoms with Gasteiger partial charge in [-0.1, -0.05) is 17.3 Å². The lowest BCUT2D eigenvalue weighted by Crippen LogP contribution is -2.38. The molecule has 2 amide bonds. The van der Waals surface area contributed by atoms with E-state index >= 15 is 0 Å². The Morgan fingerprint density at radius 3 is 3.12 bits per heavy atom. The highest BCUT2D eigenvalue weighted by Crippen LogP contribution is 2.32. The van der Waals surface area contributed by atoms with Crippen LogP contribution in [0.3, 0.4) is 0 Å². The molecule has 25 heavy (non-hydrogen) atoms. The maximum atomic E-state index is 13.8. The van der Waals surface area contributed by atoms with E-state index in [1.807, 2.05) is 13.0 Å². The van der Waals surface area contributed by atoms with Gasteiger partial charge < -0.3 is 19.5 Å². The molecular weight excluding hydrogens is 327 g/mol. The second kappa shape index (κ2) is 7.18. The Hall–Kier alpha value is -2.48. The van der Waals surface area contributed by atoms with Crippen molar-refractivity contribution < 1.29 is 18.4 Å². The molecule has 8 heteroatoms. The van der Waals surface area contributed by atoms with E-state index in [-0.39, 0.29) is 30.5 Å². The first-order valence-corrected chi connectivity index (χ1v) is 8.13. The minimum atomic E-state index is -0.276. The molecule has 0 saturated heterocycles. The van der Waals surface area contributed by atoms with Gasteiger partial charge in [-0.2, -0.15) is 4.98 Å². The molecule has 1 N–H and O–H groups in total. The average molecular weight is 348 g/mol. The van der Waals surface area contributed by atoms with E-state index in [0.29, 0.717) is 30.1 Å². The minimum absolute atomic E-state index is 0.179. The molecule has 1 aromatic heterocycles. The van der Waals surface area contributed by atoms with Gasteiger partial charge in [0.05, 0.1) is 6.04 Å². The highest BCUT2D eigenvalue weighted by molar-refractivity contribution is 5.74. The van der Waals surface area contributed by atoms with Crippen LogP contribution in [0.5, 0.6) is 0 Å². The van der Waals surface area contributed by atoms with E-state index in [0.717, 1.165) is 5.56 Å². The molecule has 0 aliphatic heterocycles. The van der Waals surface area contributed by atoms with Gasteiger partial charge in [-0.3, -0.25) is 0 Å². The molecule has 3 rings (SSSR count). The summed E-state index contributed by atoms with van der Waals surface area (Å²) in [6.07, 6.45) is 1.03. The van der Waals surface area contributed by atoms with Crippen LogP contribution in [0.2, 0.25) is 0 Å². The van der Waals surface area contributed by atoms with Crippen molar-refractivity contribution in [1.82, 2.24) is 20.4 Å². The van der Waals surface area contributed by atoms with Gasteiger partial charge >= 0.3 is 6.03 Å². The highest BCUT2D eigenvalue weighted by Gasteiger charge is 2.27. The number of rotatable bonds is 5. The fraction of sp³-hybridized carbons (Fsp3) is 0.471. The van der Waals surface area contributed by atoms with Crippen molar-refractivity contribution >= 4 is 6.03 Å². The molecule has 2 atom stereocenters. The fourth-order valence-electron chi connectivity index (χ4n) is 2.90. The van der Waals surface area contributed by atoms with Crippen molar-refractivity contribution in [2.45, 2.75) is 38.5 Å². The number of amides is 2. The van der Waals surface area contributed by atoms with Gasteiger partial charge in [-0.15, -0.1) is 0 Å². The first kappa shape index (κ1) is 17.3. The van der Waals surface area contributed by atoms with Gasteiger partial charge in [0, 0.05) is 14.2 Å². The predicted molar refractivity (Wildman–Crippen MR) is 87.2 cm³/mol. The SMILES string of the molecule is COC(C)c1noc(CN(C)C(=O)NC2CCc3c(F)cccc32)n1. The van der Waals surface area contributed by atoms with Crippen LogP contribution >= 0.6 is 0 Å². The van der Waals surface area contributed by atoms with E-state index in [1.54, 1.807) is 20.2 Å². The third-order valence-corrected chi connectivity index (χ3v) is 4.43. The summed E-state index contributed by atoms with van der Waals surface area (Å²) in [7, 11) is 3.20. The number of carbonyl (C=O) groups excluding carboxylic acids is 1. The summed E-state index contributed by atoms with van der Waals surface area (Å²) in [5, 5.41) is 6.76. The van der Waals surface area contributed by atoms with Crippen molar-refractivity contribution in [3.05, 3.63) is 46.9 Å². The second-order valence-corrected chi connectivity index (χ2v) is 6.13. The normalized spacial score (nSPS) is 17.2. The molecule has 2 aromatic rings. The van der Waals surface area contributed by atoms with E-state index in [4.69, 9.17) is 9.26 Å². The summed E-state index contributed by atoms with van der Waals surface area (Å²) >= 11 is 0. The topological polar surface area (TPSA) is 80.5 Å². The number of methoxy groups -OCH3 is 1. The summed E-state index contributed by atoms with van der Waals surface area (Å²) in [5.74, 6) is 0.550. The lowest BCUT2D eigenvalue weighted by atomic mass is 10.1. The number of fused-ring (bicyclic) bond motifs is 1. The molecule has 0 fully saturated rings. The fourth-order valence-corrected chi connectivity index (χ4v) is 2.90. The zero-order chi connectivity index (χ0) is 18.0. The van der Waals surface area contributed by atoms with E-state index < -0.39 is 0 Å². The Labute approximate surface area is 145 Å². The molecule has 1 heterocycles. The molecule has 7 nitrogen and oxygen atoms in total. The van der Waals surface area contributed by atoms with E-state index in [1.165, 1.54) is 11.0 Å². The van der Waals surface area contributed by atoms with Gasteiger partial charge in [0.2, 0.25) is 5.89 Å². The molecule has 0 spiro atoms. The van der Waals surface area contributed by atoms with Crippen molar-refractivity contribution in [3.63, 3.8) is 0 Å². The molecule has 1 aliphatic rings. The molecule has 1 aromatic carbocycles. The number of urea groups is 1. The quantitative estimate of drug-likeness (QED) is 0.899. The zero-order valence-electron chi connectivity index (χ0n) is 14.5. The van der Waals surface area contributed by atoms with E-state index in [2.05, 4.69) is 15.5 Å². The minimum Gasteiger partial charge on any atom is -0.374 e. The lowest BCUT2D eigenvalue weighted by molar-refractivity contribution is 0.109. The predicted octanol–water partition coefficient (Wildman–Crippen LogP) is 2.75. The molecule has 0 radical (unpaired) electrons. The van der Waals surface area contributed by atoms with Gasteiger partial charge in [-0.25, -0.2) is 9.18 Å². The number of ether oxygens (including phenoxy) is 1. The maximum Gasteiger partial charge on any atom is 0.318 e. The third-order valence-electron chi connectivity index (χ3n) is 4.43. The average Bonchev–Trinajstić information content (AvgIpc) is 3.22. The number of hydrogen-bond donors (Lipinski definition) is 1. The number of hydrogen-bond acceptors (Lipinski definition) is 5. The summed E-state index contributed by atoms with van der Waals surface area (Å²) < 4.78 is 24.0. The summed E-state index contributed by atoms with van der Waals surface area (Å²) in [6, 6.07) is 4.50.